The summed E-state index contributed by atoms with van der Waals surface area (Å²) in [6, 6.07) is 22.4. The van der Waals surface area contributed by atoms with Crippen molar-refractivity contribution in [3.05, 3.63) is 107 Å². The molecule has 5 heterocycles. The normalized spacial score (nSPS) is 23.2. The number of pyridine rings is 2. The highest BCUT2D eigenvalue weighted by atomic mass is 35.5. The lowest BCUT2D eigenvalue weighted by molar-refractivity contribution is 0.357. The summed E-state index contributed by atoms with van der Waals surface area (Å²) in [6.07, 6.45) is 7.03. The topological polar surface area (TPSA) is 49.2 Å². The molecule has 0 radical (unpaired) electrons. The lowest BCUT2D eigenvalue weighted by Crippen LogP contribution is -2.38. The van der Waals surface area contributed by atoms with Gasteiger partial charge in [0.25, 0.3) is 0 Å². The number of piperidine rings is 1. The van der Waals surface area contributed by atoms with Crippen molar-refractivity contribution in [2.75, 3.05) is 22.9 Å². The predicted octanol–water partition coefficient (Wildman–Crippen LogP) is 6.64. The summed E-state index contributed by atoms with van der Waals surface area (Å²) in [4.78, 5) is 13.9. The fraction of sp³-hybridized carbons (Fsp3) is 0.323. The third-order valence-electron chi connectivity index (χ3n) is 7.74. The molecule has 4 aromatic rings. The lowest BCUT2D eigenvalue weighted by atomic mass is 9.91. The third kappa shape index (κ3) is 5.25. The van der Waals surface area contributed by atoms with Crippen LogP contribution in [-0.4, -0.2) is 32.7 Å². The van der Waals surface area contributed by atoms with Crippen molar-refractivity contribution in [1.82, 2.24) is 19.9 Å². The van der Waals surface area contributed by atoms with E-state index in [0.29, 0.717) is 23.5 Å². The summed E-state index contributed by atoms with van der Waals surface area (Å²) < 4.78 is 2.25. The zero-order chi connectivity index (χ0) is 26.9. The standard InChI is InChI=1S/C31H33ClN6S/c1-21-16-22(2)19-37(18-21)27-12-11-24(17-25(27)32)38-30(29(35-31(38)39)26-9-4-6-14-34-26)28-10-7-15-36(28)20-23-8-3-5-13-33-23/h3-15,17,21-22,29-30H,16,18-20H2,1-2H3,(H,35,39)/t21-,22+,29-,30-/m1/s1. The van der Waals surface area contributed by atoms with Crippen molar-refractivity contribution < 1.29 is 0 Å². The summed E-state index contributed by atoms with van der Waals surface area (Å²) in [6.45, 7) is 7.36. The molecule has 0 unspecified atom stereocenters. The molecule has 6 nitrogen and oxygen atoms in total. The molecular weight excluding hydrogens is 524 g/mol. The number of aromatic nitrogens is 3. The number of benzene rings is 1. The van der Waals surface area contributed by atoms with Gasteiger partial charge >= 0.3 is 0 Å². The summed E-state index contributed by atoms with van der Waals surface area (Å²) in [5.41, 5.74) is 5.13. The number of hydrogen-bond donors (Lipinski definition) is 1. The molecule has 0 aliphatic carbocycles. The molecule has 8 heteroatoms. The SMILES string of the molecule is C[C@@H]1C[C@H](C)CN(c2ccc(N3C(=S)N[C@H](c4ccccn4)[C@H]3c3cccn3Cc3ccccn3)cc2Cl)C1. The summed E-state index contributed by atoms with van der Waals surface area (Å²) in [7, 11) is 0. The van der Waals surface area contributed by atoms with Crippen LogP contribution in [0.1, 0.15) is 49.4 Å². The maximum atomic E-state index is 6.99. The first-order valence-corrected chi connectivity index (χ1v) is 14.4. The van der Waals surface area contributed by atoms with Crippen LogP contribution < -0.4 is 15.1 Å². The summed E-state index contributed by atoms with van der Waals surface area (Å²) >= 11 is 13.0. The number of rotatable bonds is 6. The van der Waals surface area contributed by atoms with Gasteiger partial charge in [-0.3, -0.25) is 9.97 Å². The van der Waals surface area contributed by atoms with Gasteiger partial charge in [-0.2, -0.15) is 0 Å². The highest BCUT2D eigenvalue weighted by molar-refractivity contribution is 7.80. The second-order valence-electron chi connectivity index (χ2n) is 10.9. The van der Waals surface area contributed by atoms with Crippen LogP contribution in [0.3, 0.4) is 0 Å². The van der Waals surface area contributed by atoms with E-state index in [9.17, 15) is 0 Å². The smallest absolute Gasteiger partial charge is 0.174 e. The molecule has 4 atom stereocenters. The average Bonchev–Trinajstić information content (AvgIpc) is 3.52. The Morgan fingerprint density at radius 2 is 1.72 bits per heavy atom. The minimum absolute atomic E-state index is 0.122. The van der Waals surface area contributed by atoms with Crippen LogP contribution >= 0.6 is 23.8 Å². The first-order valence-electron chi connectivity index (χ1n) is 13.6. The van der Waals surface area contributed by atoms with Gasteiger partial charge < -0.3 is 19.7 Å². The lowest BCUT2D eigenvalue weighted by Gasteiger charge is -2.37. The Balaban J connectivity index is 1.39. The summed E-state index contributed by atoms with van der Waals surface area (Å²) in [5.74, 6) is 1.30. The van der Waals surface area contributed by atoms with Gasteiger partial charge in [0.2, 0.25) is 0 Å². The quantitative estimate of drug-likeness (QED) is 0.269. The van der Waals surface area contributed by atoms with Gasteiger partial charge in [0.05, 0.1) is 34.7 Å². The molecule has 200 valence electrons. The van der Waals surface area contributed by atoms with Crippen molar-refractivity contribution >= 4 is 40.3 Å². The minimum Gasteiger partial charge on any atom is -0.370 e. The maximum absolute atomic E-state index is 6.99. The van der Waals surface area contributed by atoms with Gasteiger partial charge in [0, 0.05) is 43.1 Å². The zero-order valence-electron chi connectivity index (χ0n) is 22.2. The monoisotopic (exact) mass is 556 g/mol. The van der Waals surface area contributed by atoms with E-state index in [1.807, 2.05) is 36.7 Å². The number of anilines is 2. The Kier molecular flexibility index (Phi) is 7.28. The van der Waals surface area contributed by atoms with Crippen molar-refractivity contribution in [2.24, 2.45) is 11.8 Å². The molecule has 1 N–H and O–H groups in total. The van der Waals surface area contributed by atoms with Crippen molar-refractivity contribution in [3.63, 3.8) is 0 Å². The van der Waals surface area contributed by atoms with E-state index in [0.717, 1.165) is 46.6 Å². The van der Waals surface area contributed by atoms with Crippen molar-refractivity contribution in [3.8, 4) is 0 Å². The molecule has 39 heavy (non-hydrogen) atoms. The van der Waals surface area contributed by atoms with E-state index in [1.165, 1.54) is 6.42 Å². The van der Waals surface area contributed by atoms with Gasteiger partial charge in [-0.1, -0.05) is 37.6 Å². The van der Waals surface area contributed by atoms with Crippen LogP contribution in [0, 0.1) is 11.8 Å². The van der Waals surface area contributed by atoms with Gasteiger partial charge in [-0.15, -0.1) is 0 Å². The van der Waals surface area contributed by atoms with Gasteiger partial charge in [-0.05, 0) is 85.1 Å². The van der Waals surface area contributed by atoms with Crippen LogP contribution in [0.4, 0.5) is 11.4 Å². The van der Waals surface area contributed by atoms with Crippen LogP contribution in [0.2, 0.25) is 5.02 Å². The van der Waals surface area contributed by atoms with Gasteiger partial charge in [0.15, 0.2) is 5.11 Å². The summed E-state index contributed by atoms with van der Waals surface area (Å²) in [5, 5.41) is 4.98. The molecule has 0 spiro atoms. The second kappa shape index (κ2) is 11.0. The second-order valence-corrected chi connectivity index (χ2v) is 11.7. The van der Waals surface area contributed by atoms with Crippen LogP contribution in [0.15, 0.2) is 85.3 Å². The van der Waals surface area contributed by atoms with Gasteiger partial charge in [-0.25, -0.2) is 0 Å². The molecule has 2 aliphatic rings. The van der Waals surface area contributed by atoms with Crippen LogP contribution in [0.5, 0.6) is 0 Å². The first kappa shape index (κ1) is 25.8. The number of nitrogens with zero attached hydrogens (tertiary/aromatic N) is 5. The van der Waals surface area contributed by atoms with E-state index >= 15 is 0 Å². The van der Waals surface area contributed by atoms with Crippen molar-refractivity contribution in [2.45, 2.75) is 38.9 Å². The molecule has 0 saturated carbocycles. The van der Waals surface area contributed by atoms with E-state index in [2.05, 4.69) is 87.2 Å². The molecule has 3 aromatic heterocycles. The van der Waals surface area contributed by atoms with E-state index in [-0.39, 0.29) is 12.1 Å². The largest absolute Gasteiger partial charge is 0.370 e. The van der Waals surface area contributed by atoms with Gasteiger partial charge in [0.1, 0.15) is 6.04 Å². The fourth-order valence-electron chi connectivity index (χ4n) is 6.20. The Bertz CT molecular complexity index is 1430. The Morgan fingerprint density at radius 3 is 2.41 bits per heavy atom. The first-order chi connectivity index (χ1) is 19.0. The van der Waals surface area contributed by atoms with Crippen LogP contribution in [0.25, 0.3) is 0 Å². The van der Waals surface area contributed by atoms with E-state index < -0.39 is 0 Å². The van der Waals surface area contributed by atoms with E-state index in [4.69, 9.17) is 28.8 Å². The zero-order valence-corrected chi connectivity index (χ0v) is 23.8. The highest BCUT2D eigenvalue weighted by Gasteiger charge is 2.42. The minimum atomic E-state index is -0.127. The van der Waals surface area contributed by atoms with E-state index in [1.54, 1.807) is 0 Å². The van der Waals surface area contributed by atoms with Crippen molar-refractivity contribution in [1.29, 1.82) is 0 Å². The number of halogens is 1. The molecule has 2 fully saturated rings. The maximum Gasteiger partial charge on any atom is 0.174 e. The molecule has 6 rings (SSSR count). The Morgan fingerprint density at radius 1 is 0.949 bits per heavy atom. The average molecular weight is 557 g/mol. The third-order valence-corrected chi connectivity index (χ3v) is 8.36. The fourth-order valence-corrected chi connectivity index (χ4v) is 6.84. The molecular formula is C31H33ClN6S. The molecule has 0 bridgehead atoms. The predicted molar refractivity (Wildman–Crippen MR) is 162 cm³/mol. The molecule has 1 aromatic carbocycles. The number of hydrogen-bond acceptors (Lipinski definition) is 4. The molecule has 2 aliphatic heterocycles. The number of nitrogens with one attached hydrogen (secondary N) is 1. The Labute approximate surface area is 240 Å². The Hall–Kier alpha value is -3.42. The molecule has 2 saturated heterocycles. The molecule has 0 amide bonds. The number of thiocarbonyl (C=S) groups is 1. The highest BCUT2D eigenvalue weighted by Crippen LogP contribution is 2.43. The van der Waals surface area contributed by atoms with Crippen LogP contribution in [-0.2, 0) is 6.54 Å².